The van der Waals surface area contributed by atoms with E-state index in [-0.39, 0.29) is 0 Å². The Labute approximate surface area is 114 Å². The molecule has 1 saturated heterocycles. The number of piperazine rings is 1. The Balaban J connectivity index is 2.42. The molecule has 0 bridgehead atoms. The van der Waals surface area contributed by atoms with Crippen molar-refractivity contribution in [1.82, 2.24) is 15.1 Å². The smallest absolute Gasteiger partial charge is 0.0110 e. The van der Waals surface area contributed by atoms with Gasteiger partial charge in [-0.25, -0.2) is 0 Å². The molecule has 1 rings (SSSR count). The topological polar surface area (TPSA) is 18.5 Å². The molecule has 0 aromatic heterocycles. The van der Waals surface area contributed by atoms with E-state index in [1.807, 2.05) is 0 Å². The van der Waals surface area contributed by atoms with Crippen molar-refractivity contribution < 1.29 is 0 Å². The molecular weight excluding hydrogens is 222 g/mol. The first-order chi connectivity index (χ1) is 8.69. The average molecular weight is 255 g/mol. The molecule has 0 atom stereocenters. The molecule has 0 radical (unpaired) electrons. The van der Waals surface area contributed by atoms with Crippen molar-refractivity contribution in [3.05, 3.63) is 0 Å². The monoisotopic (exact) mass is 255 g/mol. The molecule has 0 unspecified atom stereocenters. The molecule has 1 heterocycles. The van der Waals surface area contributed by atoms with Gasteiger partial charge in [-0.3, -0.25) is 0 Å². The van der Waals surface area contributed by atoms with Crippen molar-refractivity contribution in [2.24, 2.45) is 5.41 Å². The van der Waals surface area contributed by atoms with E-state index >= 15 is 0 Å². The summed E-state index contributed by atoms with van der Waals surface area (Å²) in [6, 6.07) is 0. The first kappa shape index (κ1) is 15.9. The van der Waals surface area contributed by atoms with E-state index in [0.717, 1.165) is 6.54 Å². The summed E-state index contributed by atoms with van der Waals surface area (Å²) in [5, 5.41) is 3.39. The highest BCUT2D eigenvalue weighted by molar-refractivity contribution is 4.84. The highest BCUT2D eigenvalue weighted by Crippen LogP contribution is 2.27. The van der Waals surface area contributed by atoms with Crippen LogP contribution < -0.4 is 5.32 Å². The van der Waals surface area contributed by atoms with Gasteiger partial charge in [-0.1, -0.05) is 20.8 Å². The van der Waals surface area contributed by atoms with E-state index in [1.54, 1.807) is 0 Å². The Hall–Kier alpha value is -0.120. The Bertz CT molecular complexity index is 206. The van der Waals surface area contributed by atoms with Crippen LogP contribution in [0.25, 0.3) is 0 Å². The summed E-state index contributed by atoms with van der Waals surface area (Å²) in [5.41, 5.74) is 0.474. The Kier molecular flexibility index (Phi) is 7.20. The van der Waals surface area contributed by atoms with Gasteiger partial charge in [0.25, 0.3) is 0 Å². The van der Waals surface area contributed by atoms with E-state index in [4.69, 9.17) is 0 Å². The molecule has 3 nitrogen and oxygen atoms in total. The lowest BCUT2D eigenvalue weighted by Gasteiger charge is -2.41. The number of nitrogens with zero attached hydrogens (tertiary/aromatic N) is 2. The summed E-state index contributed by atoms with van der Waals surface area (Å²) in [6.07, 6.45) is 3.84. The first-order valence-electron chi connectivity index (χ1n) is 7.79. The van der Waals surface area contributed by atoms with Gasteiger partial charge in [0.05, 0.1) is 0 Å². The minimum Gasteiger partial charge on any atom is -0.319 e. The van der Waals surface area contributed by atoms with Gasteiger partial charge in [-0.15, -0.1) is 0 Å². The first-order valence-corrected chi connectivity index (χ1v) is 7.79. The minimum absolute atomic E-state index is 0.474. The molecule has 1 fully saturated rings. The zero-order valence-corrected chi connectivity index (χ0v) is 13.0. The summed E-state index contributed by atoms with van der Waals surface area (Å²) in [4.78, 5) is 5.28. The molecule has 0 aliphatic carbocycles. The highest BCUT2D eigenvalue weighted by atomic mass is 15.3. The molecule has 18 heavy (non-hydrogen) atoms. The van der Waals surface area contributed by atoms with Gasteiger partial charge in [-0.05, 0) is 38.3 Å². The van der Waals surface area contributed by atoms with Crippen LogP contribution in [0.2, 0.25) is 0 Å². The van der Waals surface area contributed by atoms with Gasteiger partial charge < -0.3 is 15.1 Å². The number of rotatable bonds is 8. The molecular formula is C15H33N3. The third kappa shape index (κ3) is 4.52. The normalized spacial score (nSPS) is 19.3. The molecule has 3 heteroatoms. The minimum atomic E-state index is 0.474. The fourth-order valence-electron chi connectivity index (χ4n) is 3.12. The third-order valence-corrected chi connectivity index (χ3v) is 4.62. The number of hydrogen-bond acceptors (Lipinski definition) is 3. The SMILES string of the molecule is CCCN1CCN(CC(CC)(CC)CNC)CC1. The standard InChI is InChI=1S/C15H33N3/c1-5-8-17-9-11-18(12-10-17)14-15(6-2,7-3)13-16-4/h16H,5-14H2,1-4H3. The lowest BCUT2D eigenvalue weighted by Crippen LogP contribution is -2.51. The Morgan fingerprint density at radius 1 is 0.944 bits per heavy atom. The van der Waals surface area contributed by atoms with Gasteiger partial charge in [0.2, 0.25) is 0 Å². The number of hydrogen-bond donors (Lipinski definition) is 1. The van der Waals surface area contributed by atoms with Crippen molar-refractivity contribution in [3.8, 4) is 0 Å². The van der Waals surface area contributed by atoms with Crippen molar-refractivity contribution >= 4 is 0 Å². The van der Waals surface area contributed by atoms with E-state index in [9.17, 15) is 0 Å². The molecule has 0 amide bonds. The van der Waals surface area contributed by atoms with Crippen LogP contribution in [-0.4, -0.2) is 62.7 Å². The van der Waals surface area contributed by atoms with Crippen LogP contribution in [0.15, 0.2) is 0 Å². The van der Waals surface area contributed by atoms with Crippen molar-refractivity contribution in [2.45, 2.75) is 40.0 Å². The Morgan fingerprint density at radius 3 is 1.94 bits per heavy atom. The van der Waals surface area contributed by atoms with Gasteiger partial charge in [0.15, 0.2) is 0 Å². The predicted molar refractivity (Wildman–Crippen MR) is 80.1 cm³/mol. The third-order valence-electron chi connectivity index (χ3n) is 4.62. The van der Waals surface area contributed by atoms with Gasteiger partial charge in [0, 0.05) is 39.3 Å². The maximum atomic E-state index is 3.39. The molecule has 1 aliphatic rings. The fraction of sp³-hybridized carbons (Fsp3) is 1.00. The molecule has 0 spiro atoms. The second kappa shape index (κ2) is 8.13. The highest BCUT2D eigenvalue weighted by Gasteiger charge is 2.29. The summed E-state index contributed by atoms with van der Waals surface area (Å²) >= 11 is 0. The van der Waals surface area contributed by atoms with Crippen LogP contribution in [-0.2, 0) is 0 Å². The zero-order chi connectivity index (χ0) is 13.4. The average Bonchev–Trinajstić information content (AvgIpc) is 2.41. The van der Waals surface area contributed by atoms with E-state index in [0.29, 0.717) is 5.41 Å². The lowest BCUT2D eigenvalue weighted by atomic mass is 9.81. The van der Waals surface area contributed by atoms with Crippen LogP contribution in [0.3, 0.4) is 0 Å². The second-order valence-electron chi connectivity index (χ2n) is 5.86. The zero-order valence-electron chi connectivity index (χ0n) is 13.0. The van der Waals surface area contributed by atoms with Crippen molar-refractivity contribution in [2.75, 3.05) is 52.9 Å². The second-order valence-corrected chi connectivity index (χ2v) is 5.86. The molecule has 0 saturated carbocycles. The van der Waals surface area contributed by atoms with Gasteiger partial charge in [0.1, 0.15) is 0 Å². The molecule has 1 aliphatic heterocycles. The largest absolute Gasteiger partial charge is 0.319 e. The number of nitrogens with one attached hydrogen (secondary N) is 1. The molecule has 0 aromatic carbocycles. The van der Waals surface area contributed by atoms with Crippen molar-refractivity contribution in [3.63, 3.8) is 0 Å². The molecule has 108 valence electrons. The van der Waals surface area contributed by atoms with Crippen LogP contribution in [0.5, 0.6) is 0 Å². The van der Waals surface area contributed by atoms with Crippen LogP contribution >= 0.6 is 0 Å². The summed E-state index contributed by atoms with van der Waals surface area (Å²) in [6.45, 7) is 15.7. The van der Waals surface area contributed by atoms with E-state index < -0.39 is 0 Å². The van der Waals surface area contributed by atoms with Crippen LogP contribution in [0, 0.1) is 5.41 Å². The van der Waals surface area contributed by atoms with Gasteiger partial charge in [-0.2, -0.15) is 0 Å². The molecule has 0 aromatic rings. The summed E-state index contributed by atoms with van der Waals surface area (Å²) < 4.78 is 0. The maximum Gasteiger partial charge on any atom is 0.0110 e. The summed E-state index contributed by atoms with van der Waals surface area (Å²) in [7, 11) is 2.08. The fourth-order valence-corrected chi connectivity index (χ4v) is 3.12. The van der Waals surface area contributed by atoms with Gasteiger partial charge >= 0.3 is 0 Å². The van der Waals surface area contributed by atoms with Crippen molar-refractivity contribution in [1.29, 1.82) is 0 Å². The van der Waals surface area contributed by atoms with E-state index in [1.165, 1.54) is 58.5 Å². The quantitative estimate of drug-likeness (QED) is 0.716. The Morgan fingerprint density at radius 2 is 1.50 bits per heavy atom. The molecule has 1 N–H and O–H groups in total. The van der Waals surface area contributed by atoms with E-state index in [2.05, 4.69) is 42.9 Å². The maximum absolute atomic E-state index is 3.39. The lowest BCUT2D eigenvalue weighted by molar-refractivity contribution is 0.0793. The summed E-state index contributed by atoms with van der Waals surface area (Å²) in [5.74, 6) is 0. The predicted octanol–water partition coefficient (Wildman–Crippen LogP) is 2.04. The van der Waals surface area contributed by atoms with Crippen LogP contribution in [0.4, 0.5) is 0 Å². The van der Waals surface area contributed by atoms with Crippen LogP contribution in [0.1, 0.15) is 40.0 Å².